The zero-order valence-electron chi connectivity index (χ0n) is 13.3. The van der Waals surface area contributed by atoms with Crippen molar-refractivity contribution >= 4 is 29.9 Å². The van der Waals surface area contributed by atoms with Gasteiger partial charge in [0.25, 0.3) is 5.91 Å². The maximum Gasteiger partial charge on any atom is 0.258 e. The van der Waals surface area contributed by atoms with Gasteiger partial charge in [-0.1, -0.05) is 18.0 Å². The third kappa shape index (κ3) is 4.52. The van der Waals surface area contributed by atoms with E-state index in [1.54, 1.807) is 0 Å². The van der Waals surface area contributed by atoms with Gasteiger partial charge in [-0.2, -0.15) is 0 Å². The zero-order valence-corrected chi connectivity index (χ0v) is 14.9. The molecule has 7 heteroatoms. The van der Waals surface area contributed by atoms with Crippen LogP contribution in [0.5, 0.6) is 5.75 Å². The van der Waals surface area contributed by atoms with E-state index < -0.39 is 5.82 Å². The van der Waals surface area contributed by atoms with Crippen LogP contribution in [0.15, 0.2) is 18.2 Å². The first kappa shape index (κ1) is 19.3. The van der Waals surface area contributed by atoms with Crippen molar-refractivity contribution in [2.45, 2.75) is 44.2 Å². The molecule has 0 radical (unpaired) electrons. The van der Waals surface area contributed by atoms with Crippen molar-refractivity contribution in [1.82, 2.24) is 5.32 Å². The molecule has 24 heavy (non-hydrogen) atoms. The Morgan fingerprint density at radius 2 is 2.00 bits per heavy atom. The summed E-state index contributed by atoms with van der Waals surface area (Å²) in [6, 6.07) is 4.52. The number of ether oxygens (including phenoxy) is 1. The van der Waals surface area contributed by atoms with Crippen molar-refractivity contribution in [3.8, 4) is 5.75 Å². The minimum absolute atomic E-state index is 0. The number of carbonyl (C=O) groups excluding carboxylic acids is 1. The van der Waals surface area contributed by atoms with E-state index in [2.05, 4.69) is 5.32 Å². The molecule has 0 aromatic heterocycles. The van der Waals surface area contributed by atoms with Crippen LogP contribution in [0.1, 0.15) is 32.1 Å². The van der Waals surface area contributed by atoms with E-state index in [-0.39, 0.29) is 42.0 Å². The van der Waals surface area contributed by atoms with Crippen molar-refractivity contribution < 1.29 is 13.9 Å². The molecule has 1 aromatic rings. The van der Waals surface area contributed by atoms with Gasteiger partial charge in [0.15, 0.2) is 6.61 Å². The van der Waals surface area contributed by atoms with E-state index in [0.717, 1.165) is 25.7 Å². The third-order valence-corrected chi connectivity index (χ3v) is 5.25. The van der Waals surface area contributed by atoms with Gasteiger partial charge in [0.2, 0.25) is 0 Å². The molecule has 2 bridgehead atoms. The summed E-state index contributed by atoms with van der Waals surface area (Å²) in [6.07, 6.45) is 5.44. The molecule has 3 rings (SSSR count). The number of fused-ring (bicyclic) bond motifs is 2. The predicted octanol–water partition coefficient (Wildman–Crippen LogP) is 3.30. The first-order valence-electron chi connectivity index (χ1n) is 8.15. The first-order valence-corrected chi connectivity index (χ1v) is 8.53. The number of nitrogens with one attached hydrogen (secondary N) is 1. The highest BCUT2D eigenvalue weighted by molar-refractivity contribution is 6.30. The van der Waals surface area contributed by atoms with Gasteiger partial charge >= 0.3 is 0 Å². The van der Waals surface area contributed by atoms with Crippen molar-refractivity contribution in [2.24, 2.45) is 17.6 Å². The smallest absolute Gasteiger partial charge is 0.258 e. The van der Waals surface area contributed by atoms with Crippen LogP contribution in [-0.2, 0) is 4.79 Å². The van der Waals surface area contributed by atoms with Gasteiger partial charge in [-0.3, -0.25) is 4.79 Å². The van der Waals surface area contributed by atoms with Crippen LogP contribution < -0.4 is 15.8 Å². The zero-order chi connectivity index (χ0) is 16.4. The summed E-state index contributed by atoms with van der Waals surface area (Å²) in [5.41, 5.74) is 6.10. The number of nitrogens with two attached hydrogens (primary N) is 1. The van der Waals surface area contributed by atoms with Gasteiger partial charge < -0.3 is 15.8 Å². The number of halogens is 3. The second-order valence-electron chi connectivity index (χ2n) is 6.64. The van der Waals surface area contributed by atoms with Crippen LogP contribution >= 0.6 is 24.0 Å². The monoisotopic (exact) mass is 376 g/mol. The Kier molecular flexibility index (Phi) is 6.72. The van der Waals surface area contributed by atoms with Crippen molar-refractivity contribution in [3.63, 3.8) is 0 Å². The summed E-state index contributed by atoms with van der Waals surface area (Å²) >= 11 is 5.70. The standard InChI is InChI=1S/C17H22ClFN2O2.ClH/c18-14-8-13(4-5-15(14)19)23-9-16(22)21-17-10-2-1-3-11(17)7-12(20)6-10;/h4-5,8,10-12,17H,1-3,6-7,9,20H2,(H,21,22);1H. The second kappa shape index (κ2) is 8.37. The van der Waals surface area contributed by atoms with E-state index in [1.807, 2.05) is 0 Å². The first-order chi connectivity index (χ1) is 11.0. The average molecular weight is 377 g/mol. The van der Waals surface area contributed by atoms with E-state index >= 15 is 0 Å². The summed E-state index contributed by atoms with van der Waals surface area (Å²) in [5, 5.41) is 3.10. The lowest BCUT2D eigenvalue weighted by Gasteiger charge is -2.45. The van der Waals surface area contributed by atoms with Gasteiger partial charge in [-0.25, -0.2) is 4.39 Å². The lowest BCUT2D eigenvalue weighted by molar-refractivity contribution is -0.125. The molecule has 2 atom stereocenters. The van der Waals surface area contributed by atoms with Crippen LogP contribution in [0, 0.1) is 17.7 Å². The molecular formula is C17H23Cl2FN2O2. The Bertz CT molecular complexity index is 574. The normalized spacial score (nSPS) is 28.6. The summed E-state index contributed by atoms with van der Waals surface area (Å²) in [5.74, 6) is 0.679. The molecule has 2 aliphatic carbocycles. The molecule has 0 aliphatic heterocycles. The maximum atomic E-state index is 13.1. The molecule has 2 saturated carbocycles. The molecular weight excluding hydrogens is 354 g/mol. The highest BCUT2D eigenvalue weighted by Crippen LogP contribution is 2.39. The van der Waals surface area contributed by atoms with Gasteiger partial charge in [0.1, 0.15) is 11.6 Å². The van der Waals surface area contributed by atoms with Gasteiger partial charge in [0, 0.05) is 18.2 Å². The van der Waals surface area contributed by atoms with Crippen LogP contribution in [0.25, 0.3) is 0 Å². The van der Waals surface area contributed by atoms with Crippen LogP contribution in [0.3, 0.4) is 0 Å². The minimum Gasteiger partial charge on any atom is -0.484 e. The summed E-state index contributed by atoms with van der Waals surface area (Å²) in [6.45, 7) is -0.0933. The molecule has 0 spiro atoms. The number of hydrogen-bond acceptors (Lipinski definition) is 3. The second-order valence-corrected chi connectivity index (χ2v) is 7.05. The molecule has 2 aliphatic rings. The maximum absolute atomic E-state index is 13.1. The topological polar surface area (TPSA) is 64.3 Å². The fourth-order valence-corrected chi connectivity index (χ4v) is 4.14. The molecule has 134 valence electrons. The summed E-state index contributed by atoms with van der Waals surface area (Å²) in [4.78, 5) is 12.2. The highest BCUT2D eigenvalue weighted by Gasteiger charge is 2.39. The number of hydrogen-bond donors (Lipinski definition) is 2. The van der Waals surface area contributed by atoms with Crippen LogP contribution in [0.2, 0.25) is 5.02 Å². The summed E-state index contributed by atoms with van der Waals surface area (Å²) < 4.78 is 18.5. The Balaban J connectivity index is 0.00000208. The van der Waals surface area contributed by atoms with E-state index in [9.17, 15) is 9.18 Å². The predicted molar refractivity (Wildman–Crippen MR) is 94.1 cm³/mol. The minimum atomic E-state index is -0.505. The third-order valence-electron chi connectivity index (χ3n) is 4.97. The van der Waals surface area contributed by atoms with Gasteiger partial charge in [-0.05, 0) is 49.7 Å². The van der Waals surface area contributed by atoms with Crippen molar-refractivity contribution in [2.75, 3.05) is 6.61 Å². The molecule has 3 N–H and O–H groups in total. The Morgan fingerprint density at radius 1 is 1.33 bits per heavy atom. The van der Waals surface area contributed by atoms with Crippen molar-refractivity contribution in [1.29, 1.82) is 0 Å². The van der Waals surface area contributed by atoms with Crippen LogP contribution in [-0.4, -0.2) is 24.6 Å². The molecule has 2 fully saturated rings. The molecule has 1 amide bonds. The largest absolute Gasteiger partial charge is 0.484 e. The molecule has 0 saturated heterocycles. The number of amides is 1. The molecule has 1 aromatic carbocycles. The number of rotatable bonds is 4. The fraction of sp³-hybridized carbons (Fsp3) is 0.588. The van der Waals surface area contributed by atoms with E-state index in [1.165, 1.54) is 24.6 Å². The highest BCUT2D eigenvalue weighted by atomic mass is 35.5. The Morgan fingerprint density at radius 3 is 2.62 bits per heavy atom. The van der Waals surface area contributed by atoms with Crippen LogP contribution in [0.4, 0.5) is 4.39 Å². The van der Waals surface area contributed by atoms with Crippen molar-refractivity contribution in [3.05, 3.63) is 29.0 Å². The Hall–Kier alpha value is -1.04. The SMILES string of the molecule is Cl.NC1CC2CCCC(C1)C2NC(=O)COc1ccc(F)c(Cl)c1. The average Bonchev–Trinajstić information content (AvgIpc) is 2.49. The number of carbonyl (C=O) groups is 1. The quantitative estimate of drug-likeness (QED) is 0.846. The molecule has 2 unspecified atom stereocenters. The van der Waals surface area contributed by atoms with Gasteiger partial charge in [-0.15, -0.1) is 12.4 Å². The number of benzene rings is 1. The van der Waals surface area contributed by atoms with E-state index in [0.29, 0.717) is 17.6 Å². The molecule has 0 heterocycles. The lowest BCUT2D eigenvalue weighted by atomic mass is 9.67. The fourth-order valence-electron chi connectivity index (χ4n) is 3.97. The summed E-state index contributed by atoms with van der Waals surface area (Å²) in [7, 11) is 0. The van der Waals surface area contributed by atoms with E-state index in [4.69, 9.17) is 22.1 Å². The lowest BCUT2D eigenvalue weighted by Crippen LogP contribution is -2.54. The van der Waals surface area contributed by atoms with Gasteiger partial charge in [0.05, 0.1) is 5.02 Å². The molecule has 4 nitrogen and oxygen atoms in total. The Labute approximate surface area is 152 Å².